The first kappa shape index (κ1) is 14.9. The van der Waals surface area contributed by atoms with Crippen LogP contribution in [0.25, 0.3) is 5.65 Å². The topological polar surface area (TPSA) is 39.0 Å². The van der Waals surface area contributed by atoms with Crippen LogP contribution in [0.4, 0.5) is 5.82 Å². The van der Waals surface area contributed by atoms with Gasteiger partial charge in [-0.2, -0.15) is 0 Å². The maximum absolute atomic E-state index is 4.74. The molecule has 2 aromatic heterocycles. The third-order valence-corrected chi connectivity index (χ3v) is 4.99. The van der Waals surface area contributed by atoms with Gasteiger partial charge in [-0.3, -0.25) is 9.80 Å². The van der Waals surface area contributed by atoms with E-state index in [2.05, 4.69) is 42.9 Å². The molecule has 0 amide bonds. The van der Waals surface area contributed by atoms with E-state index in [1.165, 1.54) is 26.2 Å². The van der Waals surface area contributed by atoms with E-state index in [1.54, 1.807) is 0 Å². The lowest BCUT2D eigenvalue weighted by Gasteiger charge is -2.36. The maximum Gasteiger partial charge on any atom is 0.147 e. The van der Waals surface area contributed by atoms with E-state index in [1.807, 2.05) is 12.1 Å². The highest BCUT2D eigenvalue weighted by Crippen LogP contribution is 2.16. The van der Waals surface area contributed by atoms with Crippen molar-refractivity contribution in [2.45, 2.75) is 0 Å². The third-order valence-electron chi connectivity index (χ3n) is 4.99. The van der Waals surface area contributed by atoms with Crippen molar-refractivity contribution < 1.29 is 0 Å². The van der Waals surface area contributed by atoms with Crippen LogP contribution in [0.15, 0.2) is 30.6 Å². The van der Waals surface area contributed by atoms with Crippen molar-refractivity contribution in [3.8, 4) is 0 Å². The van der Waals surface area contributed by atoms with Crippen molar-refractivity contribution in [3.63, 3.8) is 0 Å². The largest absolute Gasteiger partial charge is 0.353 e. The lowest BCUT2D eigenvalue weighted by Crippen LogP contribution is -2.50. The molecule has 6 heteroatoms. The number of fused-ring (bicyclic) bond motifs is 1. The van der Waals surface area contributed by atoms with Gasteiger partial charge in [0.1, 0.15) is 11.5 Å². The van der Waals surface area contributed by atoms with Gasteiger partial charge in [0.15, 0.2) is 0 Å². The first-order valence-electron chi connectivity index (χ1n) is 8.73. The van der Waals surface area contributed by atoms with Crippen LogP contribution in [-0.4, -0.2) is 84.6 Å². The minimum absolute atomic E-state index is 1.03. The molecule has 2 aliphatic rings. The third kappa shape index (κ3) is 3.49. The molecule has 23 heavy (non-hydrogen) atoms. The molecule has 4 heterocycles. The van der Waals surface area contributed by atoms with Gasteiger partial charge in [0.05, 0.1) is 6.20 Å². The summed E-state index contributed by atoms with van der Waals surface area (Å²) in [7, 11) is 0. The van der Waals surface area contributed by atoms with Crippen molar-refractivity contribution in [1.29, 1.82) is 0 Å². The number of hydrogen-bond acceptors (Lipinski definition) is 5. The molecular weight excluding hydrogens is 288 g/mol. The van der Waals surface area contributed by atoms with Crippen LogP contribution in [-0.2, 0) is 0 Å². The Hall–Kier alpha value is -1.63. The fourth-order valence-electron chi connectivity index (χ4n) is 3.49. The van der Waals surface area contributed by atoms with Crippen molar-refractivity contribution in [1.82, 2.24) is 24.5 Å². The molecule has 0 aromatic carbocycles. The number of nitrogens with one attached hydrogen (secondary N) is 1. The Balaban J connectivity index is 1.28. The second-order valence-corrected chi connectivity index (χ2v) is 6.49. The highest BCUT2D eigenvalue weighted by Gasteiger charge is 2.20. The van der Waals surface area contributed by atoms with Gasteiger partial charge in [-0.25, -0.2) is 4.98 Å². The lowest BCUT2D eigenvalue weighted by atomic mass is 10.3. The Kier molecular flexibility index (Phi) is 4.46. The monoisotopic (exact) mass is 314 g/mol. The second-order valence-electron chi connectivity index (χ2n) is 6.49. The minimum Gasteiger partial charge on any atom is -0.353 e. The number of hydrogen-bond donors (Lipinski definition) is 1. The summed E-state index contributed by atoms with van der Waals surface area (Å²) in [4.78, 5) is 12.3. The molecule has 0 bridgehead atoms. The zero-order valence-electron chi connectivity index (χ0n) is 13.7. The van der Waals surface area contributed by atoms with Crippen LogP contribution in [0.3, 0.4) is 0 Å². The second kappa shape index (κ2) is 6.86. The number of piperazine rings is 2. The first-order valence-corrected chi connectivity index (χ1v) is 8.73. The Morgan fingerprint density at radius 1 is 0.913 bits per heavy atom. The molecule has 124 valence electrons. The van der Waals surface area contributed by atoms with Crippen LogP contribution in [0, 0.1) is 0 Å². The molecule has 0 unspecified atom stereocenters. The zero-order valence-corrected chi connectivity index (χ0v) is 13.7. The summed E-state index contributed by atoms with van der Waals surface area (Å²) < 4.78 is 2.10. The number of anilines is 1. The summed E-state index contributed by atoms with van der Waals surface area (Å²) in [6.07, 6.45) is 4.21. The van der Waals surface area contributed by atoms with Gasteiger partial charge >= 0.3 is 0 Å². The smallest absolute Gasteiger partial charge is 0.147 e. The average molecular weight is 314 g/mol. The summed E-state index contributed by atoms with van der Waals surface area (Å²) >= 11 is 0. The van der Waals surface area contributed by atoms with E-state index < -0.39 is 0 Å². The van der Waals surface area contributed by atoms with Gasteiger partial charge in [-0.05, 0) is 12.1 Å². The number of imidazole rings is 1. The molecule has 6 nitrogen and oxygen atoms in total. The van der Waals surface area contributed by atoms with E-state index in [0.29, 0.717) is 0 Å². The Morgan fingerprint density at radius 2 is 1.65 bits per heavy atom. The molecule has 4 rings (SSSR count). The molecule has 2 aliphatic heterocycles. The summed E-state index contributed by atoms with van der Waals surface area (Å²) in [5.74, 6) is 1.11. The normalized spacial score (nSPS) is 21.1. The van der Waals surface area contributed by atoms with Gasteiger partial charge < -0.3 is 14.6 Å². The number of pyridine rings is 1. The van der Waals surface area contributed by atoms with Crippen molar-refractivity contribution in [2.24, 2.45) is 0 Å². The van der Waals surface area contributed by atoms with Crippen molar-refractivity contribution in [3.05, 3.63) is 30.6 Å². The van der Waals surface area contributed by atoms with Crippen LogP contribution in [0.1, 0.15) is 0 Å². The Bertz CT molecular complexity index is 592. The standard InChI is InChI=1S/C17H26N6/c1-2-6-23-15-17(19-16(23)3-1)22-13-11-21(12-14-22)10-9-20-7-4-18-5-8-20/h1-3,6,15,18H,4-5,7-14H2. The molecule has 2 aromatic rings. The highest BCUT2D eigenvalue weighted by molar-refractivity contribution is 5.50. The van der Waals surface area contributed by atoms with Gasteiger partial charge in [0, 0.05) is 71.6 Å². The van der Waals surface area contributed by atoms with Gasteiger partial charge in [0.25, 0.3) is 0 Å². The van der Waals surface area contributed by atoms with Gasteiger partial charge in [-0.1, -0.05) is 6.07 Å². The molecule has 0 aliphatic carbocycles. The van der Waals surface area contributed by atoms with Crippen LogP contribution >= 0.6 is 0 Å². The van der Waals surface area contributed by atoms with Crippen LogP contribution in [0.5, 0.6) is 0 Å². The van der Waals surface area contributed by atoms with Crippen LogP contribution in [0.2, 0.25) is 0 Å². The molecular formula is C17H26N6. The van der Waals surface area contributed by atoms with E-state index in [9.17, 15) is 0 Å². The summed E-state index contributed by atoms with van der Waals surface area (Å²) in [6.45, 7) is 11.5. The fraction of sp³-hybridized carbons (Fsp3) is 0.588. The molecule has 0 saturated carbocycles. The van der Waals surface area contributed by atoms with Crippen molar-refractivity contribution >= 4 is 11.5 Å². The van der Waals surface area contributed by atoms with Gasteiger partial charge in [0.2, 0.25) is 0 Å². The average Bonchev–Trinajstić information content (AvgIpc) is 3.05. The SMILES string of the molecule is c1ccn2cc(N3CCN(CCN4CCNCC4)CC3)nc2c1. The molecule has 0 atom stereocenters. The molecule has 0 spiro atoms. The lowest BCUT2D eigenvalue weighted by molar-refractivity contribution is 0.183. The van der Waals surface area contributed by atoms with Gasteiger partial charge in [-0.15, -0.1) is 0 Å². The molecule has 1 N–H and O–H groups in total. The first-order chi connectivity index (χ1) is 11.4. The summed E-state index contributed by atoms with van der Waals surface area (Å²) in [5, 5.41) is 3.42. The highest BCUT2D eigenvalue weighted by atomic mass is 15.3. The van der Waals surface area contributed by atoms with E-state index in [-0.39, 0.29) is 0 Å². The molecule has 2 fully saturated rings. The summed E-state index contributed by atoms with van der Waals surface area (Å²) in [5.41, 5.74) is 1.03. The predicted octanol–water partition coefficient (Wildman–Crippen LogP) is 0.362. The van der Waals surface area contributed by atoms with E-state index in [0.717, 1.165) is 50.7 Å². The number of nitrogens with zero attached hydrogens (tertiary/aromatic N) is 5. The zero-order chi connectivity index (χ0) is 15.5. The maximum atomic E-state index is 4.74. The number of aromatic nitrogens is 2. The van der Waals surface area contributed by atoms with Crippen LogP contribution < -0.4 is 10.2 Å². The van der Waals surface area contributed by atoms with E-state index >= 15 is 0 Å². The predicted molar refractivity (Wildman–Crippen MR) is 93.2 cm³/mol. The fourth-order valence-corrected chi connectivity index (χ4v) is 3.49. The molecule has 2 saturated heterocycles. The van der Waals surface area contributed by atoms with Crippen molar-refractivity contribution in [2.75, 3.05) is 70.3 Å². The minimum atomic E-state index is 1.03. The Labute approximate surface area is 137 Å². The Morgan fingerprint density at radius 3 is 2.39 bits per heavy atom. The molecule has 0 radical (unpaired) electrons. The number of rotatable bonds is 4. The quantitative estimate of drug-likeness (QED) is 0.882. The van der Waals surface area contributed by atoms with E-state index in [4.69, 9.17) is 4.98 Å². The summed E-state index contributed by atoms with van der Waals surface area (Å²) in [6, 6.07) is 6.15.